The van der Waals surface area contributed by atoms with E-state index in [9.17, 15) is 4.79 Å². The Balaban J connectivity index is 1.68. The Labute approximate surface area is 199 Å². The third-order valence-electron chi connectivity index (χ3n) is 6.01. The number of ether oxygens (including phenoxy) is 1. The van der Waals surface area contributed by atoms with E-state index in [1.165, 1.54) is 6.07 Å². The fourth-order valence-corrected chi connectivity index (χ4v) is 4.44. The summed E-state index contributed by atoms with van der Waals surface area (Å²) < 4.78 is 21.0. The minimum absolute atomic E-state index is 0.0244. The lowest BCUT2D eigenvalue weighted by molar-refractivity contribution is -0.138. The van der Waals surface area contributed by atoms with Crippen LogP contribution in [0.5, 0.6) is 5.75 Å². The number of benzene rings is 3. The van der Waals surface area contributed by atoms with Crippen LogP contribution >= 0.6 is 11.6 Å². The molecule has 0 saturated carbocycles. The molecule has 1 N–H and O–H groups in total. The molecule has 3 aromatic carbocycles. The number of hydrogen-bond donors (Lipinski definition) is 1. The van der Waals surface area contributed by atoms with E-state index in [1.54, 1.807) is 35.2 Å². The summed E-state index contributed by atoms with van der Waals surface area (Å²) in [6.45, 7) is 2.24. The van der Waals surface area contributed by atoms with Crippen molar-refractivity contribution in [3.63, 3.8) is 0 Å². The average molecular weight is 467 g/mol. The zero-order chi connectivity index (χ0) is 23.0. The number of rotatable bonds is 8. The maximum Gasteiger partial charge on any atom is 0.226 e. The van der Waals surface area contributed by atoms with Crippen molar-refractivity contribution in [2.24, 2.45) is 5.92 Å². The second kappa shape index (κ2) is 11.3. The number of carbonyl (C=O) groups is 1. The fraction of sp³-hybridized carbons (Fsp3) is 0.296. The summed E-state index contributed by atoms with van der Waals surface area (Å²) in [5.41, 5.74) is 1.27. The van der Waals surface area contributed by atoms with Gasteiger partial charge < -0.3 is 15.0 Å². The summed E-state index contributed by atoms with van der Waals surface area (Å²) in [5.74, 6) is 0.311. The number of nitrogens with one attached hydrogen (secondary N) is 1. The molecule has 0 aliphatic carbocycles. The molecular formula is C27H28ClFN2O2. The quantitative estimate of drug-likeness (QED) is 0.478. The molecule has 1 heterocycles. The number of nitrogens with zero attached hydrogens (tertiary/aromatic N) is 1. The molecule has 0 unspecified atom stereocenters. The van der Waals surface area contributed by atoms with E-state index in [1.807, 2.05) is 42.5 Å². The molecule has 1 aliphatic heterocycles. The van der Waals surface area contributed by atoms with E-state index in [-0.39, 0.29) is 17.6 Å². The first kappa shape index (κ1) is 23.3. The lowest BCUT2D eigenvalue weighted by Gasteiger charge is -2.36. The van der Waals surface area contributed by atoms with Crippen LogP contribution in [0.3, 0.4) is 0 Å². The Morgan fingerprint density at radius 3 is 2.36 bits per heavy atom. The second-order valence-corrected chi connectivity index (χ2v) is 8.63. The molecule has 0 aromatic heterocycles. The van der Waals surface area contributed by atoms with Crippen molar-refractivity contribution in [2.45, 2.75) is 18.9 Å². The van der Waals surface area contributed by atoms with Crippen LogP contribution in [0.2, 0.25) is 5.02 Å². The van der Waals surface area contributed by atoms with E-state index >= 15 is 4.39 Å². The van der Waals surface area contributed by atoms with Gasteiger partial charge in [-0.2, -0.15) is 0 Å². The van der Waals surface area contributed by atoms with E-state index < -0.39 is 6.04 Å². The van der Waals surface area contributed by atoms with Crippen LogP contribution in [0, 0.1) is 11.7 Å². The molecule has 3 aromatic rings. The monoisotopic (exact) mass is 466 g/mol. The highest BCUT2D eigenvalue weighted by molar-refractivity contribution is 6.30. The zero-order valence-corrected chi connectivity index (χ0v) is 19.2. The molecule has 0 spiro atoms. The van der Waals surface area contributed by atoms with Gasteiger partial charge in [-0.25, -0.2) is 4.39 Å². The number of carbonyl (C=O) groups excluding carboxylic acids is 1. The highest BCUT2D eigenvalue weighted by atomic mass is 35.5. The Bertz CT molecular complexity index is 1040. The first-order valence-electron chi connectivity index (χ1n) is 11.3. The summed E-state index contributed by atoms with van der Waals surface area (Å²) >= 11 is 6.13. The van der Waals surface area contributed by atoms with Crippen LogP contribution in [0.25, 0.3) is 0 Å². The van der Waals surface area contributed by atoms with Crippen molar-refractivity contribution >= 4 is 17.5 Å². The molecule has 1 aliphatic rings. The smallest absolute Gasteiger partial charge is 0.226 e. The molecule has 172 valence electrons. The molecule has 1 atom stereocenters. The lowest BCUT2D eigenvalue weighted by atomic mass is 9.92. The Morgan fingerprint density at radius 2 is 1.67 bits per heavy atom. The Hall–Kier alpha value is -2.89. The van der Waals surface area contributed by atoms with Gasteiger partial charge in [0.1, 0.15) is 18.2 Å². The first-order valence-corrected chi connectivity index (χ1v) is 11.7. The van der Waals surface area contributed by atoms with Crippen molar-refractivity contribution in [2.75, 3.05) is 26.2 Å². The molecule has 33 heavy (non-hydrogen) atoms. The van der Waals surface area contributed by atoms with Gasteiger partial charge >= 0.3 is 0 Å². The van der Waals surface area contributed by atoms with Crippen LogP contribution < -0.4 is 10.1 Å². The molecule has 4 rings (SSSR count). The van der Waals surface area contributed by atoms with Gasteiger partial charge in [0.05, 0.1) is 12.6 Å². The van der Waals surface area contributed by atoms with Crippen LogP contribution in [0.1, 0.15) is 30.0 Å². The standard InChI is InChI=1S/C27H28ClFN2O2/c28-22-12-10-20(11-13-22)26(24-8-4-5-9-25(24)29)31(27(32)21-14-16-30-17-15-21)18-19-33-23-6-2-1-3-7-23/h1-13,21,26,30H,14-19H2/t26-/m0/s1. The summed E-state index contributed by atoms with van der Waals surface area (Å²) in [4.78, 5) is 15.6. The van der Waals surface area contributed by atoms with Crippen LogP contribution in [0.4, 0.5) is 4.39 Å². The molecule has 4 nitrogen and oxygen atoms in total. The highest BCUT2D eigenvalue weighted by Gasteiger charge is 2.33. The van der Waals surface area contributed by atoms with Gasteiger partial charge in [0.25, 0.3) is 0 Å². The van der Waals surface area contributed by atoms with Gasteiger partial charge in [0.2, 0.25) is 5.91 Å². The van der Waals surface area contributed by atoms with E-state index in [4.69, 9.17) is 16.3 Å². The summed E-state index contributed by atoms with van der Waals surface area (Å²) in [6.07, 6.45) is 1.53. The van der Waals surface area contributed by atoms with E-state index in [2.05, 4.69) is 5.32 Å². The number of halogens is 2. The largest absolute Gasteiger partial charge is 0.492 e. The average Bonchev–Trinajstić information content (AvgIpc) is 2.86. The molecule has 0 bridgehead atoms. The van der Waals surface area contributed by atoms with Gasteiger partial charge in [0, 0.05) is 16.5 Å². The van der Waals surface area contributed by atoms with Crippen molar-refractivity contribution < 1.29 is 13.9 Å². The van der Waals surface area contributed by atoms with Crippen LogP contribution in [-0.2, 0) is 4.79 Å². The zero-order valence-electron chi connectivity index (χ0n) is 18.4. The number of amides is 1. The molecule has 0 radical (unpaired) electrons. The molecule has 1 fully saturated rings. The van der Waals surface area contributed by atoms with E-state index in [0.29, 0.717) is 23.7 Å². The summed E-state index contributed by atoms with van der Waals surface area (Å²) in [6, 6.07) is 22.8. The number of hydrogen-bond acceptors (Lipinski definition) is 3. The van der Waals surface area contributed by atoms with Crippen molar-refractivity contribution in [3.05, 3.63) is 101 Å². The molecular weight excluding hydrogens is 439 g/mol. The number of piperidine rings is 1. The molecule has 6 heteroatoms. The maximum atomic E-state index is 15.1. The fourth-order valence-electron chi connectivity index (χ4n) is 4.32. The normalized spacial score (nSPS) is 15.1. The SMILES string of the molecule is O=C(C1CCNCC1)N(CCOc1ccccc1)[C@@H](c1ccc(Cl)cc1)c1ccccc1F. The Kier molecular flexibility index (Phi) is 7.97. The third kappa shape index (κ3) is 5.92. The van der Waals surface area contributed by atoms with Gasteiger partial charge in [-0.05, 0) is 61.8 Å². The van der Waals surface area contributed by atoms with Gasteiger partial charge in [-0.1, -0.05) is 60.1 Å². The Morgan fingerprint density at radius 1 is 1.00 bits per heavy atom. The first-order chi connectivity index (χ1) is 16.1. The summed E-state index contributed by atoms with van der Waals surface area (Å²) in [5, 5.41) is 3.90. The summed E-state index contributed by atoms with van der Waals surface area (Å²) in [7, 11) is 0. The van der Waals surface area contributed by atoms with E-state index in [0.717, 1.165) is 37.2 Å². The predicted molar refractivity (Wildman–Crippen MR) is 129 cm³/mol. The van der Waals surface area contributed by atoms with Crippen molar-refractivity contribution in [1.82, 2.24) is 10.2 Å². The minimum atomic E-state index is -0.578. The van der Waals surface area contributed by atoms with Gasteiger partial charge in [-0.15, -0.1) is 0 Å². The topological polar surface area (TPSA) is 41.6 Å². The van der Waals surface area contributed by atoms with Crippen LogP contribution in [0.15, 0.2) is 78.9 Å². The van der Waals surface area contributed by atoms with Crippen LogP contribution in [-0.4, -0.2) is 37.0 Å². The maximum absolute atomic E-state index is 15.1. The molecule has 1 amide bonds. The van der Waals surface area contributed by atoms with Crippen molar-refractivity contribution in [1.29, 1.82) is 0 Å². The van der Waals surface area contributed by atoms with Gasteiger partial charge in [0.15, 0.2) is 0 Å². The highest BCUT2D eigenvalue weighted by Crippen LogP contribution is 2.33. The van der Waals surface area contributed by atoms with Gasteiger partial charge in [-0.3, -0.25) is 4.79 Å². The third-order valence-corrected chi connectivity index (χ3v) is 6.26. The second-order valence-electron chi connectivity index (χ2n) is 8.19. The van der Waals surface area contributed by atoms with Crippen molar-refractivity contribution in [3.8, 4) is 5.75 Å². The minimum Gasteiger partial charge on any atom is -0.492 e. The number of para-hydroxylation sites is 1. The lowest BCUT2D eigenvalue weighted by Crippen LogP contribution is -2.45. The predicted octanol–water partition coefficient (Wildman–Crippen LogP) is 5.48. The molecule has 1 saturated heterocycles.